The molecule has 340 valence electrons. The first-order chi connectivity index (χ1) is 28.8. The highest BCUT2D eigenvalue weighted by Gasteiger charge is 2.64. The molecular formula is C47H86N6O6. The molecule has 1 amide bonds. The zero-order valence-electron chi connectivity index (χ0n) is 37.4. The van der Waals surface area contributed by atoms with Gasteiger partial charge >= 0.3 is 5.97 Å². The zero-order chi connectivity index (χ0) is 41.9. The molecule has 0 aromatic carbocycles. The molecule has 0 saturated carbocycles. The van der Waals surface area contributed by atoms with Crippen molar-refractivity contribution in [2.45, 2.75) is 235 Å². The van der Waals surface area contributed by atoms with Crippen molar-refractivity contribution < 1.29 is 28.9 Å². The summed E-state index contributed by atoms with van der Waals surface area (Å²) in [6.07, 6.45) is 32.3. The number of amides is 1. The SMILES string of the molecule is CCC=CC1CCC2(CC3CCC4C(C(=O)OCCCCCCCCCCCCCCCC(=O)N(CCCN)CC(O)CCN)C5(CCCC(CCC)O5)NC(N2)N34)O1. The number of esters is 1. The predicted molar refractivity (Wildman–Crippen MR) is 235 cm³/mol. The van der Waals surface area contributed by atoms with E-state index in [-0.39, 0.29) is 48.1 Å². The topological polar surface area (TPSA) is 165 Å². The molecule has 9 unspecified atom stereocenters. The number of aliphatic hydroxyl groups is 1. The minimum atomic E-state index is -0.717. The molecule has 5 saturated heterocycles. The number of aliphatic hydroxyl groups excluding tert-OH is 1. The Kier molecular flexibility index (Phi) is 20.9. The number of carbonyl (C=O) groups is 2. The fraction of sp³-hybridized carbons (Fsp3) is 0.915. The molecule has 9 atom stereocenters. The molecule has 12 heteroatoms. The van der Waals surface area contributed by atoms with Gasteiger partial charge in [0.15, 0.2) is 0 Å². The number of nitrogens with two attached hydrogens (primary N) is 2. The largest absolute Gasteiger partial charge is 0.465 e. The monoisotopic (exact) mass is 831 g/mol. The van der Waals surface area contributed by atoms with E-state index in [0.717, 1.165) is 103 Å². The van der Waals surface area contributed by atoms with Crippen LogP contribution < -0.4 is 22.1 Å². The number of nitrogens with zero attached hydrogens (tertiary/aromatic N) is 2. The maximum absolute atomic E-state index is 14.2. The van der Waals surface area contributed by atoms with Gasteiger partial charge < -0.3 is 35.7 Å². The predicted octanol–water partition coefficient (Wildman–Crippen LogP) is 7.11. The lowest BCUT2D eigenvalue weighted by Crippen LogP contribution is -2.81. The second-order valence-corrected chi connectivity index (χ2v) is 18.7. The zero-order valence-corrected chi connectivity index (χ0v) is 37.4. The van der Waals surface area contributed by atoms with Gasteiger partial charge in [-0.15, -0.1) is 0 Å². The Morgan fingerprint density at radius 3 is 2.27 bits per heavy atom. The van der Waals surface area contributed by atoms with Crippen LogP contribution in [0.2, 0.25) is 0 Å². The van der Waals surface area contributed by atoms with Crippen LogP contribution in [0.5, 0.6) is 0 Å². The van der Waals surface area contributed by atoms with Gasteiger partial charge in [-0.25, -0.2) is 0 Å². The molecule has 5 aliphatic heterocycles. The van der Waals surface area contributed by atoms with Crippen LogP contribution in [0.25, 0.3) is 0 Å². The fourth-order valence-corrected chi connectivity index (χ4v) is 10.9. The van der Waals surface area contributed by atoms with Crippen LogP contribution in [0.15, 0.2) is 12.2 Å². The first-order valence-electron chi connectivity index (χ1n) is 24.6. The van der Waals surface area contributed by atoms with Crippen LogP contribution in [0.4, 0.5) is 0 Å². The maximum atomic E-state index is 14.2. The van der Waals surface area contributed by atoms with E-state index in [2.05, 4.69) is 41.5 Å². The molecule has 5 aliphatic rings. The van der Waals surface area contributed by atoms with Crippen molar-refractivity contribution in [1.29, 1.82) is 0 Å². The van der Waals surface area contributed by atoms with E-state index in [9.17, 15) is 14.7 Å². The molecular weight excluding hydrogens is 745 g/mol. The lowest BCUT2D eigenvalue weighted by atomic mass is 9.79. The summed E-state index contributed by atoms with van der Waals surface area (Å²) < 4.78 is 20.0. The van der Waals surface area contributed by atoms with Gasteiger partial charge in [0.1, 0.15) is 23.7 Å². The summed E-state index contributed by atoms with van der Waals surface area (Å²) in [6, 6.07) is 0.482. The van der Waals surface area contributed by atoms with Crippen LogP contribution in [0.3, 0.4) is 0 Å². The molecule has 0 bridgehead atoms. The van der Waals surface area contributed by atoms with Gasteiger partial charge in [-0.05, 0) is 96.6 Å². The van der Waals surface area contributed by atoms with E-state index in [1.54, 1.807) is 4.90 Å². The van der Waals surface area contributed by atoms with Crippen LogP contribution in [-0.2, 0) is 23.8 Å². The van der Waals surface area contributed by atoms with Crippen LogP contribution in [0.1, 0.15) is 187 Å². The molecule has 59 heavy (non-hydrogen) atoms. The van der Waals surface area contributed by atoms with E-state index >= 15 is 0 Å². The van der Waals surface area contributed by atoms with Gasteiger partial charge in [0.2, 0.25) is 5.91 Å². The van der Waals surface area contributed by atoms with E-state index in [4.69, 9.17) is 25.7 Å². The molecule has 5 fully saturated rings. The summed E-state index contributed by atoms with van der Waals surface area (Å²) in [7, 11) is 0. The van der Waals surface area contributed by atoms with E-state index in [1.165, 1.54) is 57.8 Å². The van der Waals surface area contributed by atoms with Crippen molar-refractivity contribution in [3.05, 3.63) is 12.2 Å². The Balaban J connectivity index is 0.951. The first-order valence-corrected chi connectivity index (χ1v) is 24.6. The molecule has 0 aliphatic carbocycles. The second kappa shape index (κ2) is 25.5. The average molecular weight is 831 g/mol. The minimum Gasteiger partial charge on any atom is -0.465 e. The molecule has 5 heterocycles. The Morgan fingerprint density at radius 1 is 0.881 bits per heavy atom. The van der Waals surface area contributed by atoms with E-state index in [1.807, 2.05) is 0 Å². The third kappa shape index (κ3) is 14.2. The quantitative estimate of drug-likeness (QED) is 0.0310. The number of rotatable bonds is 28. The lowest BCUT2D eigenvalue weighted by Gasteiger charge is -2.60. The lowest BCUT2D eigenvalue weighted by molar-refractivity contribution is -0.253. The molecule has 0 radical (unpaired) electrons. The summed E-state index contributed by atoms with van der Waals surface area (Å²) in [6.45, 7) is 6.81. The highest BCUT2D eigenvalue weighted by molar-refractivity contribution is 5.76. The number of unbranched alkanes of at least 4 members (excludes halogenated alkanes) is 12. The summed E-state index contributed by atoms with van der Waals surface area (Å²) in [4.78, 5) is 31.2. The number of hydrogen-bond acceptors (Lipinski definition) is 11. The number of carbonyl (C=O) groups excluding carboxylic acids is 2. The highest BCUT2D eigenvalue weighted by Crippen LogP contribution is 2.50. The number of hydrogen-bond donors (Lipinski definition) is 5. The Labute approximate surface area is 358 Å². The molecule has 0 aromatic heterocycles. The molecule has 12 nitrogen and oxygen atoms in total. The van der Waals surface area contributed by atoms with Crippen LogP contribution >= 0.6 is 0 Å². The number of ether oxygens (including phenoxy) is 3. The Bertz CT molecular complexity index is 1260. The molecule has 0 aromatic rings. The standard InChI is InChI=1S/C47H86N6O6/c1-3-5-22-40-27-30-46(58-40)35-37-25-26-41-43(47(51-45(50-46)53(37)41)29-19-23-39(59-47)21-4-2)44(56)57-34-18-16-14-12-10-8-6-7-9-11-13-15-17-24-42(55)52(33-20-31-48)36-38(54)28-32-49/h5,22,37-41,43,45,50-51,54H,3-4,6-21,23-36,48-49H2,1-2H3. The average Bonchev–Trinajstić information content (AvgIpc) is 3.82. The highest BCUT2D eigenvalue weighted by atomic mass is 16.6. The van der Waals surface area contributed by atoms with Crippen molar-refractivity contribution >= 4 is 11.9 Å². The van der Waals surface area contributed by atoms with Gasteiger partial charge in [-0.2, -0.15) is 0 Å². The summed E-state index contributed by atoms with van der Waals surface area (Å²) in [5.74, 6) is -0.282. The smallest absolute Gasteiger partial charge is 0.314 e. The van der Waals surface area contributed by atoms with Crippen molar-refractivity contribution in [2.75, 3.05) is 32.8 Å². The summed E-state index contributed by atoms with van der Waals surface area (Å²) in [5.41, 5.74) is 10.2. The third-order valence-corrected chi connectivity index (χ3v) is 13.9. The minimum absolute atomic E-state index is 0.0748. The van der Waals surface area contributed by atoms with Crippen molar-refractivity contribution in [3.8, 4) is 0 Å². The van der Waals surface area contributed by atoms with E-state index < -0.39 is 11.8 Å². The number of allylic oxidation sites excluding steroid dienone is 1. The fourth-order valence-electron chi connectivity index (χ4n) is 10.9. The molecule has 7 N–H and O–H groups in total. The van der Waals surface area contributed by atoms with Gasteiger partial charge in [0.25, 0.3) is 0 Å². The van der Waals surface area contributed by atoms with Crippen molar-refractivity contribution in [2.24, 2.45) is 17.4 Å². The van der Waals surface area contributed by atoms with Crippen LogP contribution in [0, 0.1) is 5.92 Å². The summed E-state index contributed by atoms with van der Waals surface area (Å²) >= 11 is 0. The Hall–Kier alpha value is -1.64. The normalized spacial score (nSPS) is 31.0. The van der Waals surface area contributed by atoms with Gasteiger partial charge in [-0.1, -0.05) is 103 Å². The van der Waals surface area contributed by atoms with Gasteiger partial charge in [0, 0.05) is 38.0 Å². The van der Waals surface area contributed by atoms with Gasteiger partial charge in [-0.3, -0.25) is 25.1 Å². The summed E-state index contributed by atoms with van der Waals surface area (Å²) in [5, 5.41) is 18.0. The van der Waals surface area contributed by atoms with E-state index in [0.29, 0.717) is 51.7 Å². The number of nitrogens with one attached hydrogen (secondary N) is 2. The van der Waals surface area contributed by atoms with Crippen LogP contribution in [-0.4, -0.2) is 108 Å². The van der Waals surface area contributed by atoms with Crippen molar-refractivity contribution in [3.63, 3.8) is 0 Å². The third-order valence-electron chi connectivity index (χ3n) is 13.9. The first kappa shape index (κ1) is 48.4. The molecule has 5 rings (SSSR count). The molecule has 2 spiro atoms. The second-order valence-electron chi connectivity index (χ2n) is 18.7. The maximum Gasteiger partial charge on any atom is 0.314 e. The van der Waals surface area contributed by atoms with Gasteiger partial charge in [0.05, 0.1) is 24.9 Å². The van der Waals surface area contributed by atoms with Crippen molar-refractivity contribution in [1.82, 2.24) is 20.4 Å². The Morgan fingerprint density at radius 2 is 1.59 bits per heavy atom.